The molecule has 5 rings (SSSR count). The maximum atomic E-state index is 13.5. The number of rotatable bonds is 6. The summed E-state index contributed by atoms with van der Waals surface area (Å²) in [4.78, 5) is 46.6. The monoisotopic (exact) mass is 462 g/mol. The number of anilines is 1. The molecule has 170 valence electrons. The quantitative estimate of drug-likeness (QED) is 0.558. The van der Waals surface area contributed by atoms with Crippen molar-refractivity contribution in [1.29, 1.82) is 0 Å². The standard InChI is InChI=1S/C25H26N4O3S/c1-15-11-16(2)21-19(12-15)26-24(33-21)28(13-17-7-5-4-6-8-17)20(30)14-29-22(31)25(3,18-9-10-18)27-23(29)32/h4-8,11-12,18H,9-10,13-14H2,1-3H3,(H,27,32). The lowest BCUT2D eigenvalue weighted by Gasteiger charge is -2.24. The van der Waals surface area contributed by atoms with E-state index in [9.17, 15) is 14.4 Å². The van der Waals surface area contributed by atoms with Crippen molar-refractivity contribution in [3.63, 3.8) is 0 Å². The van der Waals surface area contributed by atoms with Gasteiger partial charge in [0, 0.05) is 0 Å². The molecule has 1 atom stereocenters. The number of amides is 4. The molecular weight excluding hydrogens is 436 g/mol. The lowest BCUT2D eigenvalue weighted by Crippen LogP contribution is -2.47. The minimum absolute atomic E-state index is 0.143. The van der Waals surface area contributed by atoms with Gasteiger partial charge in [-0.1, -0.05) is 47.7 Å². The third-order valence-corrected chi connectivity index (χ3v) is 7.74. The van der Waals surface area contributed by atoms with Gasteiger partial charge in [-0.15, -0.1) is 0 Å². The van der Waals surface area contributed by atoms with Gasteiger partial charge in [0.2, 0.25) is 5.91 Å². The fourth-order valence-corrected chi connectivity index (χ4v) is 5.56. The summed E-state index contributed by atoms with van der Waals surface area (Å²) in [7, 11) is 0. The van der Waals surface area contributed by atoms with E-state index in [4.69, 9.17) is 4.98 Å². The average Bonchev–Trinajstić information content (AvgIpc) is 3.52. The van der Waals surface area contributed by atoms with Crippen molar-refractivity contribution in [3.8, 4) is 0 Å². The summed E-state index contributed by atoms with van der Waals surface area (Å²) in [6.07, 6.45) is 1.82. The molecule has 2 aromatic carbocycles. The highest BCUT2D eigenvalue weighted by atomic mass is 32.1. The number of nitrogens with one attached hydrogen (secondary N) is 1. The molecule has 4 amide bonds. The van der Waals surface area contributed by atoms with Crippen LogP contribution in [0.15, 0.2) is 42.5 Å². The molecular formula is C25H26N4O3S. The first-order valence-electron chi connectivity index (χ1n) is 11.1. The number of urea groups is 1. The molecule has 1 aliphatic carbocycles. The zero-order valence-electron chi connectivity index (χ0n) is 18.9. The summed E-state index contributed by atoms with van der Waals surface area (Å²) in [5.74, 6) is -0.514. The van der Waals surface area contributed by atoms with Crippen LogP contribution in [-0.4, -0.2) is 39.8 Å². The highest BCUT2D eigenvalue weighted by Gasteiger charge is 2.56. The van der Waals surface area contributed by atoms with Gasteiger partial charge in [-0.25, -0.2) is 9.78 Å². The van der Waals surface area contributed by atoms with E-state index in [1.54, 1.807) is 11.8 Å². The smallest absolute Gasteiger partial charge is 0.323 e. The molecule has 1 unspecified atom stereocenters. The number of fused-ring (bicyclic) bond motifs is 1. The molecule has 2 aliphatic rings. The molecule has 8 heteroatoms. The minimum atomic E-state index is -0.911. The molecule has 2 heterocycles. The van der Waals surface area contributed by atoms with Gasteiger partial charge in [0.05, 0.1) is 16.8 Å². The number of aromatic nitrogens is 1. The second-order valence-corrected chi connectivity index (χ2v) is 10.2. The van der Waals surface area contributed by atoms with Crippen molar-refractivity contribution < 1.29 is 14.4 Å². The van der Waals surface area contributed by atoms with Crippen LogP contribution in [0.2, 0.25) is 0 Å². The number of carbonyl (C=O) groups is 3. The number of hydrogen-bond acceptors (Lipinski definition) is 5. The Hall–Kier alpha value is -3.26. The summed E-state index contributed by atoms with van der Waals surface area (Å²) < 4.78 is 1.03. The lowest BCUT2D eigenvalue weighted by atomic mass is 9.96. The van der Waals surface area contributed by atoms with Crippen LogP contribution in [0.25, 0.3) is 10.2 Å². The fourth-order valence-electron chi connectivity index (χ4n) is 4.53. The summed E-state index contributed by atoms with van der Waals surface area (Å²) >= 11 is 1.45. The predicted molar refractivity (Wildman–Crippen MR) is 128 cm³/mol. The zero-order chi connectivity index (χ0) is 23.3. The Balaban J connectivity index is 1.47. The second kappa shape index (κ2) is 7.95. The van der Waals surface area contributed by atoms with Crippen LogP contribution in [-0.2, 0) is 16.1 Å². The number of thiazole rings is 1. The number of nitrogens with zero attached hydrogens (tertiary/aromatic N) is 3. The number of hydrogen-bond donors (Lipinski definition) is 1. The van der Waals surface area contributed by atoms with Crippen molar-refractivity contribution in [1.82, 2.24) is 15.2 Å². The summed E-state index contributed by atoms with van der Waals surface area (Å²) in [6, 6.07) is 13.3. The van der Waals surface area contributed by atoms with E-state index in [1.165, 1.54) is 11.3 Å². The third-order valence-electron chi connectivity index (χ3n) is 6.51. The molecule has 1 N–H and O–H groups in total. The summed E-state index contributed by atoms with van der Waals surface area (Å²) in [5.41, 5.74) is 3.09. The van der Waals surface area contributed by atoms with Gasteiger partial charge in [0.15, 0.2) is 5.13 Å². The molecule has 33 heavy (non-hydrogen) atoms. The number of imide groups is 1. The average molecular weight is 463 g/mol. The Morgan fingerprint density at radius 3 is 2.64 bits per heavy atom. The normalized spacial score (nSPS) is 20.4. The van der Waals surface area contributed by atoms with E-state index in [-0.39, 0.29) is 24.3 Å². The molecule has 1 aliphatic heterocycles. The van der Waals surface area contributed by atoms with E-state index >= 15 is 0 Å². The largest absolute Gasteiger partial charge is 0.325 e. The Labute approximate surface area is 196 Å². The molecule has 7 nitrogen and oxygen atoms in total. The van der Waals surface area contributed by atoms with Crippen LogP contribution in [0.1, 0.15) is 36.5 Å². The molecule has 1 saturated carbocycles. The van der Waals surface area contributed by atoms with Crippen molar-refractivity contribution >= 4 is 44.5 Å². The van der Waals surface area contributed by atoms with Gasteiger partial charge < -0.3 is 5.32 Å². The molecule has 1 saturated heterocycles. The van der Waals surface area contributed by atoms with Crippen molar-refractivity contribution in [2.24, 2.45) is 5.92 Å². The van der Waals surface area contributed by atoms with Crippen LogP contribution in [0.3, 0.4) is 0 Å². The summed E-state index contributed by atoms with van der Waals surface area (Å²) in [6.45, 7) is 5.81. The maximum Gasteiger partial charge on any atom is 0.325 e. The molecule has 3 aromatic rings. The van der Waals surface area contributed by atoms with Gasteiger partial charge in [-0.05, 0) is 62.3 Å². The number of carbonyl (C=O) groups excluding carboxylic acids is 3. The first-order valence-corrected chi connectivity index (χ1v) is 11.9. The Bertz CT molecular complexity index is 1270. The molecule has 0 bridgehead atoms. The van der Waals surface area contributed by atoms with Crippen molar-refractivity contribution in [2.45, 2.75) is 45.7 Å². The fraction of sp³-hybridized carbons (Fsp3) is 0.360. The summed E-state index contributed by atoms with van der Waals surface area (Å²) in [5, 5.41) is 3.37. The highest BCUT2D eigenvalue weighted by molar-refractivity contribution is 7.22. The number of aryl methyl sites for hydroxylation is 2. The molecule has 1 aromatic heterocycles. The third kappa shape index (κ3) is 3.88. The lowest BCUT2D eigenvalue weighted by molar-refractivity contribution is -0.134. The van der Waals surface area contributed by atoms with Gasteiger partial charge in [0.25, 0.3) is 5.91 Å². The molecule has 0 spiro atoms. The van der Waals surface area contributed by atoms with E-state index in [1.807, 2.05) is 50.2 Å². The topological polar surface area (TPSA) is 82.6 Å². The SMILES string of the molecule is Cc1cc(C)c2sc(N(Cc3ccccc3)C(=O)CN3C(=O)NC(C)(C4CC4)C3=O)nc2c1. The predicted octanol–water partition coefficient (Wildman–Crippen LogP) is 4.17. The van der Waals surface area contributed by atoms with Gasteiger partial charge in [-0.2, -0.15) is 0 Å². The van der Waals surface area contributed by atoms with E-state index in [0.717, 1.165) is 44.6 Å². The van der Waals surface area contributed by atoms with E-state index in [0.29, 0.717) is 11.7 Å². The first kappa shape index (κ1) is 21.6. The Kier molecular flexibility index (Phi) is 5.20. The van der Waals surface area contributed by atoms with Gasteiger partial charge >= 0.3 is 6.03 Å². The minimum Gasteiger partial charge on any atom is -0.323 e. The van der Waals surface area contributed by atoms with Crippen LogP contribution in [0, 0.1) is 19.8 Å². The van der Waals surface area contributed by atoms with E-state index in [2.05, 4.69) is 11.4 Å². The Morgan fingerprint density at radius 2 is 1.94 bits per heavy atom. The molecule has 0 radical (unpaired) electrons. The zero-order valence-corrected chi connectivity index (χ0v) is 19.7. The second-order valence-electron chi connectivity index (χ2n) is 9.19. The highest BCUT2D eigenvalue weighted by Crippen LogP contribution is 2.42. The van der Waals surface area contributed by atoms with Crippen LogP contribution in [0.4, 0.5) is 9.93 Å². The maximum absolute atomic E-state index is 13.5. The van der Waals surface area contributed by atoms with Crippen LogP contribution >= 0.6 is 11.3 Å². The first-order chi connectivity index (χ1) is 15.8. The molecule has 2 fully saturated rings. The van der Waals surface area contributed by atoms with E-state index < -0.39 is 11.6 Å². The number of benzene rings is 2. The Morgan fingerprint density at radius 1 is 1.21 bits per heavy atom. The van der Waals surface area contributed by atoms with Gasteiger partial charge in [0.1, 0.15) is 12.1 Å². The van der Waals surface area contributed by atoms with Crippen LogP contribution in [0.5, 0.6) is 0 Å². The van der Waals surface area contributed by atoms with Crippen LogP contribution < -0.4 is 10.2 Å². The van der Waals surface area contributed by atoms with Crippen molar-refractivity contribution in [3.05, 3.63) is 59.2 Å². The van der Waals surface area contributed by atoms with Gasteiger partial charge in [-0.3, -0.25) is 19.4 Å². The van der Waals surface area contributed by atoms with Crippen molar-refractivity contribution in [2.75, 3.05) is 11.4 Å².